The van der Waals surface area contributed by atoms with Crippen LogP contribution in [0.15, 0.2) is 24.8 Å². The summed E-state index contributed by atoms with van der Waals surface area (Å²) in [6.07, 6.45) is 5.81. The molecule has 0 aliphatic rings. The van der Waals surface area contributed by atoms with Crippen molar-refractivity contribution in [1.82, 2.24) is 24.6 Å². The fourth-order valence-corrected chi connectivity index (χ4v) is 1.74. The van der Waals surface area contributed by atoms with Crippen molar-refractivity contribution >= 4 is 0 Å². The number of rotatable bonds is 5. The first kappa shape index (κ1) is 10.9. The van der Waals surface area contributed by atoms with E-state index >= 15 is 0 Å². The molecule has 2 aromatic heterocycles. The molecule has 2 rings (SSSR count). The van der Waals surface area contributed by atoms with Crippen LogP contribution in [0.1, 0.15) is 18.3 Å². The van der Waals surface area contributed by atoms with Gasteiger partial charge in [-0.15, -0.1) is 0 Å². The Kier molecular flexibility index (Phi) is 3.36. The van der Waals surface area contributed by atoms with Crippen molar-refractivity contribution in [2.24, 2.45) is 0 Å². The van der Waals surface area contributed by atoms with Crippen LogP contribution in [-0.4, -0.2) is 26.4 Å². The minimum absolute atomic E-state index is 0.775. The summed E-state index contributed by atoms with van der Waals surface area (Å²) >= 11 is 0. The molecular formula is C11H17N5. The van der Waals surface area contributed by atoms with E-state index in [1.807, 2.05) is 11.7 Å². The lowest BCUT2D eigenvalue weighted by atomic mass is 10.3. The lowest BCUT2D eigenvalue weighted by Gasteiger charge is -2.03. The van der Waals surface area contributed by atoms with E-state index in [2.05, 4.69) is 45.4 Å². The third kappa shape index (κ3) is 2.30. The van der Waals surface area contributed by atoms with Gasteiger partial charge in [0.25, 0.3) is 0 Å². The molecule has 0 spiro atoms. The smallest absolute Gasteiger partial charge is 0.146 e. The highest BCUT2D eigenvalue weighted by atomic mass is 15.3. The Balaban J connectivity index is 2.08. The maximum atomic E-state index is 4.25. The summed E-state index contributed by atoms with van der Waals surface area (Å²) in [5.41, 5.74) is 1.28. The van der Waals surface area contributed by atoms with Crippen molar-refractivity contribution in [3.8, 4) is 0 Å². The van der Waals surface area contributed by atoms with Crippen molar-refractivity contribution in [3.63, 3.8) is 0 Å². The van der Waals surface area contributed by atoms with Crippen molar-refractivity contribution < 1.29 is 0 Å². The van der Waals surface area contributed by atoms with E-state index < -0.39 is 0 Å². The first-order valence-corrected chi connectivity index (χ1v) is 5.49. The number of hydrogen-bond acceptors (Lipinski definition) is 3. The van der Waals surface area contributed by atoms with Gasteiger partial charge in [-0.1, -0.05) is 0 Å². The normalized spacial score (nSPS) is 10.9. The minimum Gasteiger partial charge on any atom is -0.346 e. The topological polar surface area (TPSA) is 47.7 Å². The number of hydrogen-bond donors (Lipinski definition) is 1. The monoisotopic (exact) mass is 219 g/mol. The summed E-state index contributed by atoms with van der Waals surface area (Å²) in [6, 6.07) is 2.11. The summed E-state index contributed by atoms with van der Waals surface area (Å²) in [4.78, 5) is 4.25. The third-order valence-corrected chi connectivity index (χ3v) is 2.51. The lowest BCUT2D eigenvalue weighted by Crippen LogP contribution is -2.08. The van der Waals surface area contributed by atoms with Crippen molar-refractivity contribution in [2.45, 2.75) is 26.6 Å². The molecule has 0 radical (unpaired) electrons. The van der Waals surface area contributed by atoms with E-state index in [0.29, 0.717) is 0 Å². The molecule has 0 saturated carbocycles. The second-order valence-electron chi connectivity index (χ2n) is 3.71. The Bertz CT molecular complexity index is 443. The van der Waals surface area contributed by atoms with Gasteiger partial charge >= 0.3 is 0 Å². The first-order valence-electron chi connectivity index (χ1n) is 5.49. The van der Waals surface area contributed by atoms with E-state index in [9.17, 15) is 0 Å². The predicted molar refractivity (Wildman–Crippen MR) is 62.0 cm³/mol. The van der Waals surface area contributed by atoms with Gasteiger partial charge in [0.2, 0.25) is 0 Å². The van der Waals surface area contributed by atoms with E-state index in [-0.39, 0.29) is 0 Å². The van der Waals surface area contributed by atoms with E-state index in [4.69, 9.17) is 0 Å². The molecule has 0 amide bonds. The zero-order valence-electron chi connectivity index (χ0n) is 9.72. The maximum Gasteiger partial charge on any atom is 0.146 e. The van der Waals surface area contributed by atoms with Crippen LogP contribution in [0.4, 0.5) is 0 Å². The second kappa shape index (κ2) is 4.94. The second-order valence-corrected chi connectivity index (χ2v) is 3.71. The molecule has 2 heterocycles. The van der Waals surface area contributed by atoms with Gasteiger partial charge < -0.3 is 9.88 Å². The van der Waals surface area contributed by atoms with Crippen molar-refractivity contribution in [1.29, 1.82) is 0 Å². The van der Waals surface area contributed by atoms with Crippen LogP contribution >= 0.6 is 0 Å². The Morgan fingerprint density at radius 3 is 3.06 bits per heavy atom. The maximum absolute atomic E-state index is 4.25. The highest BCUT2D eigenvalue weighted by molar-refractivity contribution is 5.10. The molecule has 0 aliphatic carbocycles. The third-order valence-electron chi connectivity index (χ3n) is 2.51. The van der Waals surface area contributed by atoms with Gasteiger partial charge in [-0.05, 0) is 25.6 Å². The average molecular weight is 219 g/mol. The molecule has 1 N–H and O–H groups in total. The van der Waals surface area contributed by atoms with Crippen molar-refractivity contribution in [3.05, 3.63) is 36.2 Å². The zero-order valence-corrected chi connectivity index (χ0v) is 9.72. The van der Waals surface area contributed by atoms with E-state index in [1.54, 1.807) is 6.33 Å². The highest BCUT2D eigenvalue weighted by Gasteiger charge is 2.03. The zero-order chi connectivity index (χ0) is 11.4. The van der Waals surface area contributed by atoms with Crippen LogP contribution in [0.25, 0.3) is 0 Å². The lowest BCUT2D eigenvalue weighted by molar-refractivity contribution is 0.592. The Morgan fingerprint density at radius 1 is 1.44 bits per heavy atom. The van der Waals surface area contributed by atoms with Gasteiger partial charge in [-0.25, -0.2) is 9.67 Å². The van der Waals surface area contributed by atoms with Crippen LogP contribution < -0.4 is 5.32 Å². The highest BCUT2D eigenvalue weighted by Crippen LogP contribution is 2.04. The largest absolute Gasteiger partial charge is 0.346 e. The molecule has 16 heavy (non-hydrogen) atoms. The molecule has 5 nitrogen and oxygen atoms in total. The van der Waals surface area contributed by atoms with E-state index in [1.165, 1.54) is 5.56 Å². The van der Waals surface area contributed by atoms with Gasteiger partial charge in [0.15, 0.2) is 0 Å². The van der Waals surface area contributed by atoms with Gasteiger partial charge in [-0.3, -0.25) is 0 Å². The molecule has 0 unspecified atom stereocenters. The molecule has 0 bridgehead atoms. The van der Waals surface area contributed by atoms with Crippen LogP contribution in [0.2, 0.25) is 0 Å². The summed E-state index contributed by atoms with van der Waals surface area (Å²) in [5, 5.41) is 7.29. The minimum atomic E-state index is 0.775. The average Bonchev–Trinajstić information content (AvgIpc) is 2.89. The number of aryl methyl sites for hydroxylation is 1. The molecular weight excluding hydrogens is 202 g/mol. The Hall–Kier alpha value is -1.62. The van der Waals surface area contributed by atoms with Gasteiger partial charge in [0.05, 0.1) is 6.54 Å². The van der Waals surface area contributed by atoms with Gasteiger partial charge in [0.1, 0.15) is 12.2 Å². The summed E-state index contributed by atoms with van der Waals surface area (Å²) in [6.45, 7) is 4.60. The summed E-state index contributed by atoms with van der Waals surface area (Å²) < 4.78 is 4.04. The van der Waals surface area contributed by atoms with E-state index in [0.717, 1.165) is 25.5 Å². The van der Waals surface area contributed by atoms with Crippen LogP contribution in [0.3, 0.4) is 0 Å². The number of nitrogens with one attached hydrogen (secondary N) is 1. The Morgan fingerprint density at radius 2 is 2.31 bits per heavy atom. The molecule has 0 saturated heterocycles. The molecule has 0 fully saturated rings. The fourth-order valence-electron chi connectivity index (χ4n) is 1.74. The van der Waals surface area contributed by atoms with Crippen LogP contribution in [-0.2, 0) is 19.6 Å². The predicted octanol–water partition coefficient (Wildman–Crippen LogP) is 0.867. The van der Waals surface area contributed by atoms with Crippen LogP contribution in [0.5, 0.6) is 0 Å². The SMILES string of the molecule is CCn1ncnc1Cn1ccc(CNC)c1. The first-order chi connectivity index (χ1) is 7.83. The fraction of sp³-hybridized carbons (Fsp3) is 0.455. The van der Waals surface area contributed by atoms with Gasteiger partial charge in [0, 0.05) is 25.5 Å². The molecule has 5 heteroatoms. The molecule has 0 aliphatic heterocycles. The molecule has 0 atom stereocenters. The van der Waals surface area contributed by atoms with Gasteiger partial charge in [-0.2, -0.15) is 5.10 Å². The summed E-state index contributed by atoms with van der Waals surface area (Å²) in [7, 11) is 1.95. The molecule has 86 valence electrons. The standard InChI is InChI=1S/C11H17N5/c1-3-16-11(13-9-14-16)8-15-5-4-10(7-15)6-12-2/h4-5,7,9,12H,3,6,8H2,1-2H3. The number of aromatic nitrogens is 4. The van der Waals surface area contributed by atoms with Crippen molar-refractivity contribution in [2.75, 3.05) is 7.05 Å². The Labute approximate surface area is 95.1 Å². The van der Waals surface area contributed by atoms with Crippen LogP contribution in [0, 0.1) is 0 Å². The quantitative estimate of drug-likeness (QED) is 0.811. The molecule has 2 aromatic rings. The number of nitrogens with zero attached hydrogens (tertiary/aromatic N) is 4. The summed E-state index contributed by atoms with van der Waals surface area (Å²) in [5.74, 6) is 0.995. The molecule has 0 aromatic carbocycles.